The Morgan fingerprint density at radius 2 is 1.91 bits per heavy atom. The van der Waals surface area contributed by atoms with Gasteiger partial charge in [-0.1, -0.05) is 48.3 Å². The number of ether oxygens (including phenoxy) is 1. The van der Waals surface area contributed by atoms with Crippen molar-refractivity contribution in [3.8, 4) is 0 Å². The molecule has 0 heterocycles. The zero-order valence-corrected chi connectivity index (χ0v) is 14.2. The Bertz CT molecular complexity index is 716. The van der Waals surface area contributed by atoms with E-state index in [0.717, 1.165) is 0 Å². The van der Waals surface area contributed by atoms with Gasteiger partial charge in [-0.2, -0.15) is 0 Å². The van der Waals surface area contributed by atoms with Gasteiger partial charge >= 0.3 is 5.97 Å². The van der Waals surface area contributed by atoms with Gasteiger partial charge < -0.3 is 4.74 Å². The molecule has 0 aromatic heterocycles. The number of benzene rings is 2. The lowest BCUT2D eigenvalue weighted by Crippen LogP contribution is -2.10. The van der Waals surface area contributed by atoms with E-state index in [2.05, 4.69) is 0 Å². The average molecular weight is 357 g/mol. The summed E-state index contributed by atoms with van der Waals surface area (Å²) in [6.45, 7) is 1.83. The van der Waals surface area contributed by atoms with Gasteiger partial charge in [0.2, 0.25) is 0 Å². The lowest BCUT2D eigenvalue weighted by Gasteiger charge is -2.09. The molecule has 0 amide bonds. The molecule has 3 nitrogen and oxygen atoms in total. The van der Waals surface area contributed by atoms with Gasteiger partial charge in [0.15, 0.2) is 0 Å². The van der Waals surface area contributed by atoms with E-state index >= 15 is 0 Å². The summed E-state index contributed by atoms with van der Waals surface area (Å²) in [6, 6.07) is 11.7. The Hall–Kier alpha value is -1.36. The Kier molecular flexibility index (Phi) is 6.00. The molecular formula is C16H14Cl2O3S. The van der Waals surface area contributed by atoms with Crippen LogP contribution in [0.15, 0.2) is 47.4 Å². The molecule has 6 heteroatoms. The molecule has 0 aliphatic carbocycles. The highest BCUT2D eigenvalue weighted by atomic mass is 35.5. The maximum absolute atomic E-state index is 12.2. The highest BCUT2D eigenvalue weighted by Crippen LogP contribution is 2.22. The van der Waals surface area contributed by atoms with Crippen LogP contribution < -0.4 is 0 Å². The Labute approximate surface area is 141 Å². The first-order valence-electron chi connectivity index (χ1n) is 6.61. The summed E-state index contributed by atoms with van der Waals surface area (Å²) in [7, 11) is -1.22. The van der Waals surface area contributed by atoms with Crippen LogP contribution in [0.2, 0.25) is 10.0 Å². The average Bonchev–Trinajstić information content (AvgIpc) is 2.53. The van der Waals surface area contributed by atoms with Crippen molar-refractivity contribution in [3.05, 3.63) is 63.6 Å². The topological polar surface area (TPSA) is 43.4 Å². The molecule has 0 N–H and O–H groups in total. The molecule has 0 saturated carbocycles. The van der Waals surface area contributed by atoms with Crippen LogP contribution >= 0.6 is 23.2 Å². The molecule has 0 aliphatic heterocycles. The molecule has 0 saturated heterocycles. The second kappa shape index (κ2) is 7.77. The molecule has 22 heavy (non-hydrogen) atoms. The van der Waals surface area contributed by atoms with Crippen LogP contribution in [0.5, 0.6) is 0 Å². The van der Waals surface area contributed by atoms with Gasteiger partial charge in [-0.25, -0.2) is 4.79 Å². The van der Waals surface area contributed by atoms with Crippen molar-refractivity contribution in [2.24, 2.45) is 0 Å². The fourth-order valence-electron chi connectivity index (χ4n) is 1.85. The number of carbonyl (C=O) groups excluding carboxylic acids is 1. The normalized spacial score (nSPS) is 12.0. The van der Waals surface area contributed by atoms with Crippen molar-refractivity contribution in [2.75, 3.05) is 5.75 Å². The predicted octanol–water partition coefficient (Wildman–Crippen LogP) is 4.48. The largest absolute Gasteiger partial charge is 0.457 e. The highest BCUT2D eigenvalue weighted by Gasteiger charge is 2.16. The molecule has 0 fully saturated rings. The monoisotopic (exact) mass is 356 g/mol. The summed E-state index contributed by atoms with van der Waals surface area (Å²) >= 11 is 11.9. The second-order valence-electron chi connectivity index (χ2n) is 4.44. The van der Waals surface area contributed by atoms with Crippen LogP contribution in [-0.4, -0.2) is 15.9 Å². The first-order valence-corrected chi connectivity index (χ1v) is 8.69. The summed E-state index contributed by atoms with van der Waals surface area (Å²) < 4.78 is 17.2. The summed E-state index contributed by atoms with van der Waals surface area (Å²) in [5.41, 5.74) is 0.973. The van der Waals surface area contributed by atoms with E-state index in [9.17, 15) is 9.00 Å². The summed E-state index contributed by atoms with van der Waals surface area (Å²) in [5.74, 6) is -0.0868. The molecule has 2 aromatic carbocycles. The van der Waals surface area contributed by atoms with Crippen molar-refractivity contribution < 1.29 is 13.7 Å². The first-order chi connectivity index (χ1) is 10.5. The van der Waals surface area contributed by atoms with E-state index in [-0.39, 0.29) is 6.61 Å². The molecule has 0 aliphatic rings. The third-order valence-corrected chi connectivity index (χ3v) is 4.95. The lowest BCUT2D eigenvalue weighted by molar-refractivity contribution is 0.0468. The van der Waals surface area contributed by atoms with Gasteiger partial charge in [0, 0.05) is 21.4 Å². The first kappa shape index (κ1) is 17.0. The van der Waals surface area contributed by atoms with Gasteiger partial charge in [-0.3, -0.25) is 4.21 Å². The smallest absolute Gasteiger partial charge is 0.339 e. The summed E-state index contributed by atoms with van der Waals surface area (Å²) in [4.78, 5) is 12.7. The predicted molar refractivity (Wildman–Crippen MR) is 89.0 cm³/mol. The molecule has 116 valence electrons. The fraction of sp³-hybridized carbons (Fsp3) is 0.188. The minimum Gasteiger partial charge on any atom is -0.457 e. The number of hydrogen-bond donors (Lipinski definition) is 0. The van der Waals surface area contributed by atoms with Crippen molar-refractivity contribution >= 4 is 40.0 Å². The van der Waals surface area contributed by atoms with Crippen LogP contribution in [0, 0.1) is 0 Å². The van der Waals surface area contributed by atoms with Crippen molar-refractivity contribution in [3.63, 3.8) is 0 Å². The number of hydrogen-bond acceptors (Lipinski definition) is 3. The van der Waals surface area contributed by atoms with Gasteiger partial charge in [0.1, 0.15) is 6.61 Å². The van der Waals surface area contributed by atoms with E-state index in [1.165, 1.54) is 0 Å². The van der Waals surface area contributed by atoms with Gasteiger partial charge in [0.05, 0.1) is 21.3 Å². The van der Waals surface area contributed by atoms with Crippen molar-refractivity contribution in [2.45, 2.75) is 18.4 Å². The fourth-order valence-corrected chi connectivity index (χ4v) is 3.25. The van der Waals surface area contributed by atoms with Crippen LogP contribution in [-0.2, 0) is 22.1 Å². The molecule has 1 atom stereocenters. The van der Waals surface area contributed by atoms with E-state index < -0.39 is 16.8 Å². The van der Waals surface area contributed by atoms with E-state index in [1.807, 2.05) is 0 Å². The van der Waals surface area contributed by atoms with Crippen LogP contribution in [0.1, 0.15) is 22.8 Å². The maximum Gasteiger partial charge on any atom is 0.339 e. The minimum atomic E-state index is -1.22. The number of carbonyl (C=O) groups is 1. The maximum atomic E-state index is 12.2. The summed E-state index contributed by atoms with van der Waals surface area (Å²) in [5, 5.41) is 0.953. The molecule has 2 rings (SSSR count). The zero-order chi connectivity index (χ0) is 16.1. The Morgan fingerprint density at radius 1 is 1.18 bits per heavy atom. The molecule has 0 radical (unpaired) electrons. The summed E-state index contributed by atoms with van der Waals surface area (Å²) in [6.07, 6.45) is 0. The van der Waals surface area contributed by atoms with Gasteiger partial charge in [-0.05, 0) is 24.3 Å². The standard InChI is InChI=1S/C16H14Cl2O3S/c1-2-22(20)15-6-4-3-5-13(15)16(19)21-10-11-7-8-12(17)9-14(11)18/h3-9H,2,10H2,1H3. The van der Waals surface area contributed by atoms with Crippen LogP contribution in [0.25, 0.3) is 0 Å². The molecular weight excluding hydrogens is 343 g/mol. The Morgan fingerprint density at radius 3 is 2.59 bits per heavy atom. The second-order valence-corrected chi connectivity index (χ2v) is 6.99. The zero-order valence-electron chi connectivity index (χ0n) is 11.8. The van der Waals surface area contributed by atoms with Gasteiger partial charge in [0.25, 0.3) is 0 Å². The third kappa shape index (κ3) is 4.09. The quantitative estimate of drug-likeness (QED) is 0.741. The highest BCUT2D eigenvalue weighted by molar-refractivity contribution is 7.85. The number of halogens is 2. The SMILES string of the molecule is CCS(=O)c1ccccc1C(=O)OCc1ccc(Cl)cc1Cl. The van der Waals surface area contributed by atoms with Crippen molar-refractivity contribution in [1.29, 1.82) is 0 Å². The molecule has 0 bridgehead atoms. The molecule has 0 spiro atoms. The van der Waals surface area contributed by atoms with E-state index in [4.69, 9.17) is 27.9 Å². The lowest BCUT2D eigenvalue weighted by atomic mass is 10.2. The van der Waals surface area contributed by atoms with Gasteiger partial charge in [-0.15, -0.1) is 0 Å². The van der Waals surface area contributed by atoms with E-state index in [0.29, 0.717) is 31.8 Å². The van der Waals surface area contributed by atoms with Crippen LogP contribution in [0.3, 0.4) is 0 Å². The van der Waals surface area contributed by atoms with Crippen molar-refractivity contribution in [1.82, 2.24) is 0 Å². The Balaban J connectivity index is 2.15. The number of esters is 1. The minimum absolute atomic E-state index is 0.0297. The van der Waals surface area contributed by atoms with Crippen LogP contribution in [0.4, 0.5) is 0 Å². The van der Waals surface area contributed by atoms with E-state index in [1.54, 1.807) is 49.4 Å². The molecule has 2 aromatic rings. The third-order valence-electron chi connectivity index (χ3n) is 2.99. The number of rotatable bonds is 5. The molecule has 1 unspecified atom stereocenters.